The molecule has 3 amide bonds. The molecule has 2 aromatic heterocycles. The van der Waals surface area contributed by atoms with Crippen LogP contribution in [0.3, 0.4) is 0 Å². The van der Waals surface area contributed by atoms with Crippen molar-refractivity contribution in [2.75, 3.05) is 36.4 Å². The van der Waals surface area contributed by atoms with Gasteiger partial charge in [0.15, 0.2) is 11.6 Å². The number of benzene rings is 2. The first-order valence-electron chi connectivity index (χ1n) is 11.2. The molecule has 0 unspecified atom stereocenters. The third-order valence-electron chi connectivity index (χ3n) is 6.06. The summed E-state index contributed by atoms with van der Waals surface area (Å²) in [5, 5.41) is 12.5. The van der Waals surface area contributed by atoms with Gasteiger partial charge in [-0.1, -0.05) is 24.3 Å². The highest BCUT2D eigenvalue weighted by molar-refractivity contribution is 6.06. The van der Waals surface area contributed by atoms with Gasteiger partial charge < -0.3 is 20.9 Å². The fraction of sp³-hybridized carbons (Fsp3) is 0.167. The van der Waals surface area contributed by atoms with Crippen LogP contribution in [-0.2, 0) is 0 Å². The van der Waals surface area contributed by atoms with Crippen molar-refractivity contribution >= 4 is 40.2 Å². The summed E-state index contributed by atoms with van der Waals surface area (Å²) in [6.45, 7) is 2.12. The van der Waals surface area contributed by atoms with Crippen molar-refractivity contribution in [2.45, 2.75) is 0 Å². The molecular formula is C24H23FN8O3. The summed E-state index contributed by atoms with van der Waals surface area (Å²) in [7, 11) is 0. The zero-order valence-corrected chi connectivity index (χ0v) is 19.1. The Morgan fingerprint density at radius 3 is 2.58 bits per heavy atom. The predicted molar refractivity (Wildman–Crippen MR) is 131 cm³/mol. The Morgan fingerprint density at radius 1 is 1.06 bits per heavy atom. The number of anilines is 3. The van der Waals surface area contributed by atoms with Crippen LogP contribution in [0.2, 0.25) is 0 Å². The number of urea groups is 1. The van der Waals surface area contributed by atoms with Gasteiger partial charge in [-0.2, -0.15) is 4.98 Å². The second kappa shape index (κ2) is 9.50. The number of primary amides is 1. The number of nitrogens with zero attached hydrogens (tertiary/aromatic N) is 5. The number of hydrogen-bond acceptors (Lipinski definition) is 7. The minimum atomic E-state index is -0.657. The molecular weight excluding hydrogens is 467 g/mol. The summed E-state index contributed by atoms with van der Waals surface area (Å²) in [6.07, 6.45) is 2.54. The lowest BCUT2D eigenvalue weighted by Gasteiger charge is -2.35. The summed E-state index contributed by atoms with van der Waals surface area (Å²) in [5.41, 5.74) is 9.64. The van der Waals surface area contributed by atoms with Gasteiger partial charge >= 0.3 is 6.03 Å². The molecule has 11 nitrogen and oxygen atoms in total. The largest absolute Gasteiger partial charge is 0.368 e. The van der Waals surface area contributed by atoms with Crippen molar-refractivity contribution in [3.8, 4) is 5.82 Å². The van der Waals surface area contributed by atoms with E-state index in [2.05, 4.69) is 20.2 Å². The number of halogens is 1. The molecule has 1 saturated heterocycles. The van der Waals surface area contributed by atoms with E-state index in [-0.39, 0.29) is 17.3 Å². The molecule has 0 radical (unpaired) electrons. The zero-order chi connectivity index (χ0) is 25.2. The molecule has 4 aromatic rings. The van der Waals surface area contributed by atoms with Gasteiger partial charge in [-0.3, -0.25) is 14.6 Å². The summed E-state index contributed by atoms with van der Waals surface area (Å²) in [6, 6.07) is 14.1. The molecule has 3 heterocycles. The Morgan fingerprint density at radius 2 is 1.83 bits per heavy atom. The zero-order valence-electron chi connectivity index (χ0n) is 19.1. The average Bonchev–Trinajstić information content (AvgIpc) is 3.29. The Balaban J connectivity index is 1.40. The third-order valence-corrected chi connectivity index (χ3v) is 6.06. The Kier molecular flexibility index (Phi) is 6.09. The lowest BCUT2D eigenvalue weighted by atomic mass is 10.2. The Bertz CT molecular complexity index is 1450. The van der Waals surface area contributed by atoms with Crippen LogP contribution >= 0.6 is 0 Å². The van der Waals surface area contributed by atoms with Gasteiger partial charge in [-0.15, -0.1) is 0 Å². The van der Waals surface area contributed by atoms with E-state index in [0.29, 0.717) is 42.8 Å². The van der Waals surface area contributed by atoms with Crippen LogP contribution < -0.4 is 21.4 Å². The molecule has 0 aliphatic carbocycles. The normalized spacial score (nSPS) is 13.6. The quantitative estimate of drug-likeness (QED) is 0.249. The molecule has 1 fully saturated rings. The van der Waals surface area contributed by atoms with E-state index in [1.165, 1.54) is 15.7 Å². The summed E-state index contributed by atoms with van der Waals surface area (Å²) < 4.78 is 16.3. The fourth-order valence-electron chi connectivity index (χ4n) is 4.29. The molecule has 5 N–H and O–H groups in total. The first-order chi connectivity index (χ1) is 17.4. The molecule has 5 rings (SSSR count). The summed E-state index contributed by atoms with van der Waals surface area (Å²) in [4.78, 5) is 35.6. The van der Waals surface area contributed by atoms with Gasteiger partial charge in [-0.05, 0) is 24.3 Å². The average molecular weight is 490 g/mol. The van der Waals surface area contributed by atoms with E-state index in [1.807, 2.05) is 24.3 Å². The second-order valence-electron chi connectivity index (χ2n) is 8.23. The maximum atomic E-state index is 14.8. The Hall–Kier alpha value is -4.71. The number of amides is 3. The maximum absolute atomic E-state index is 14.8. The number of rotatable bonds is 5. The number of carbonyl (C=O) groups excluding carboxylic acids is 2. The standard InChI is InChI=1S/C24H23FN8O3/c25-19-13-27-23(29-22(19)33-14-18(21(26)34)17-6-1-2-7-20(17)33)28-15-4-3-5-16(12-15)31-8-10-32(11-9-31)24(35)30-36/h1-7,12-14,36H,8-11H2,(H2,26,34)(H,30,35)(H,27,28,29). The first kappa shape index (κ1) is 23.1. The number of hydrogen-bond donors (Lipinski definition) is 4. The highest BCUT2D eigenvalue weighted by Gasteiger charge is 2.21. The maximum Gasteiger partial charge on any atom is 0.341 e. The lowest BCUT2D eigenvalue weighted by Crippen LogP contribution is -2.51. The highest BCUT2D eigenvalue weighted by Crippen LogP contribution is 2.27. The van der Waals surface area contributed by atoms with Gasteiger partial charge in [-0.25, -0.2) is 19.6 Å². The van der Waals surface area contributed by atoms with Gasteiger partial charge in [0, 0.05) is 49.1 Å². The molecule has 1 aliphatic rings. The van der Waals surface area contributed by atoms with Crippen molar-refractivity contribution in [1.29, 1.82) is 0 Å². The summed E-state index contributed by atoms with van der Waals surface area (Å²) >= 11 is 0. The number of para-hydroxylation sites is 1. The van der Waals surface area contributed by atoms with Gasteiger partial charge in [0.2, 0.25) is 5.95 Å². The van der Waals surface area contributed by atoms with Crippen molar-refractivity contribution in [2.24, 2.45) is 5.73 Å². The molecule has 184 valence electrons. The molecule has 1 aliphatic heterocycles. The molecule has 0 bridgehead atoms. The lowest BCUT2D eigenvalue weighted by molar-refractivity contribution is 0.100. The fourth-order valence-corrected chi connectivity index (χ4v) is 4.29. The second-order valence-corrected chi connectivity index (χ2v) is 8.23. The van der Waals surface area contributed by atoms with Crippen molar-refractivity contribution < 1.29 is 19.2 Å². The Labute approximate surface area is 204 Å². The van der Waals surface area contributed by atoms with E-state index >= 15 is 0 Å². The monoisotopic (exact) mass is 490 g/mol. The molecule has 36 heavy (non-hydrogen) atoms. The molecule has 0 saturated carbocycles. The first-order valence-corrected chi connectivity index (χ1v) is 11.2. The number of hydroxylamine groups is 1. The van der Waals surface area contributed by atoms with Crippen LogP contribution in [-0.4, -0.2) is 62.8 Å². The van der Waals surface area contributed by atoms with E-state index < -0.39 is 17.8 Å². The smallest absolute Gasteiger partial charge is 0.341 e. The number of piperazine rings is 1. The number of fused-ring (bicyclic) bond motifs is 1. The van der Waals surface area contributed by atoms with E-state index in [4.69, 9.17) is 10.9 Å². The van der Waals surface area contributed by atoms with Crippen molar-refractivity contribution in [3.05, 3.63) is 72.3 Å². The molecule has 0 spiro atoms. The predicted octanol–water partition coefficient (Wildman–Crippen LogP) is 2.62. The van der Waals surface area contributed by atoms with Crippen LogP contribution in [0.5, 0.6) is 0 Å². The minimum Gasteiger partial charge on any atom is -0.368 e. The van der Waals surface area contributed by atoms with Crippen LogP contribution in [0.15, 0.2) is 60.9 Å². The molecule has 0 atom stereocenters. The van der Waals surface area contributed by atoms with Crippen molar-refractivity contribution in [1.82, 2.24) is 24.9 Å². The SMILES string of the molecule is NC(=O)c1cn(-c2nc(Nc3cccc(N4CCN(C(=O)NO)CC4)c3)ncc2F)c2ccccc12. The topological polar surface area (TPSA) is 142 Å². The van der Waals surface area contributed by atoms with Gasteiger partial charge in [0.25, 0.3) is 5.91 Å². The van der Waals surface area contributed by atoms with Crippen LogP contribution in [0.25, 0.3) is 16.7 Å². The van der Waals surface area contributed by atoms with Crippen molar-refractivity contribution in [3.63, 3.8) is 0 Å². The number of nitrogens with two attached hydrogens (primary N) is 1. The number of carbonyl (C=O) groups is 2. The minimum absolute atomic E-state index is 0.0226. The van der Waals surface area contributed by atoms with Crippen LogP contribution in [0.4, 0.5) is 26.5 Å². The number of nitrogens with one attached hydrogen (secondary N) is 2. The molecule has 2 aromatic carbocycles. The van der Waals surface area contributed by atoms with Crippen LogP contribution in [0.1, 0.15) is 10.4 Å². The summed E-state index contributed by atoms with van der Waals surface area (Å²) in [5.74, 6) is -1.12. The molecule has 12 heteroatoms. The highest BCUT2D eigenvalue weighted by atomic mass is 19.1. The van der Waals surface area contributed by atoms with E-state index in [0.717, 1.165) is 11.9 Å². The van der Waals surface area contributed by atoms with E-state index in [9.17, 15) is 14.0 Å². The van der Waals surface area contributed by atoms with Crippen LogP contribution in [0, 0.1) is 5.82 Å². The van der Waals surface area contributed by atoms with Gasteiger partial charge in [0.1, 0.15) is 0 Å². The third kappa shape index (κ3) is 4.36. The number of aromatic nitrogens is 3. The van der Waals surface area contributed by atoms with Gasteiger partial charge in [0.05, 0.1) is 17.3 Å². The van der Waals surface area contributed by atoms with E-state index in [1.54, 1.807) is 29.7 Å².